The molecule has 0 amide bonds. The van der Waals surface area contributed by atoms with Crippen molar-refractivity contribution in [2.75, 3.05) is 19.6 Å². The van der Waals surface area contributed by atoms with Crippen molar-refractivity contribution < 1.29 is 0 Å². The van der Waals surface area contributed by atoms with Crippen molar-refractivity contribution in [3.05, 3.63) is 0 Å². The van der Waals surface area contributed by atoms with E-state index < -0.39 is 0 Å². The normalized spacial score (nSPS) is 33.4. The molecule has 2 rings (SSSR count). The van der Waals surface area contributed by atoms with Gasteiger partial charge in [0.1, 0.15) is 0 Å². The SMILES string of the molecule is CCC1CCCC1NC1CCN(CC)CC1. The van der Waals surface area contributed by atoms with E-state index >= 15 is 0 Å². The van der Waals surface area contributed by atoms with E-state index in [4.69, 9.17) is 0 Å². The zero-order chi connectivity index (χ0) is 11.4. The third-order valence-electron chi connectivity index (χ3n) is 4.67. The quantitative estimate of drug-likeness (QED) is 0.790. The van der Waals surface area contributed by atoms with Crippen molar-refractivity contribution >= 4 is 0 Å². The number of nitrogens with one attached hydrogen (secondary N) is 1. The lowest BCUT2D eigenvalue weighted by Crippen LogP contribution is -2.47. The van der Waals surface area contributed by atoms with Gasteiger partial charge in [-0.05, 0) is 51.2 Å². The Bertz CT molecular complexity index is 197. The van der Waals surface area contributed by atoms with E-state index in [0.717, 1.165) is 18.0 Å². The Kier molecular flexibility index (Phi) is 4.66. The maximum atomic E-state index is 3.94. The van der Waals surface area contributed by atoms with Gasteiger partial charge in [0.15, 0.2) is 0 Å². The summed E-state index contributed by atoms with van der Waals surface area (Å²) in [6, 6.07) is 1.64. The highest BCUT2D eigenvalue weighted by Crippen LogP contribution is 2.29. The molecule has 2 heteroatoms. The van der Waals surface area contributed by atoms with Gasteiger partial charge in [0.25, 0.3) is 0 Å². The first-order valence-electron chi connectivity index (χ1n) is 7.31. The number of piperidine rings is 1. The van der Waals surface area contributed by atoms with Crippen LogP contribution in [0.4, 0.5) is 0 Å². The van der Waals surface area contributed by atoms with Gasteiger partial charge in [-0.3, -0.25) is 0 Å². The first-order valence-corrected chi connectivity index (χ1v) is 7.31. The highest BCUT2D eigenvalue weighted by atomic mass is 15.1. The van der Waals surface area contributed by atoms with Crippen molar-refractivity contribution in [3.8, 4) is 0 Å². The fourth-order valence-corrected chi connectivity index (χ4v) is 3.46. The molecule has 2 nitrogen and oxygen atoms in total. The number of nitrogens with zero attached hydrogens (tertiary/aromatic N) is 1. The Morgan fingerprint density at radius 2 is 1.81 bits per heavy atom. The first-order chi connectivity index (χ1) is 7.83. The molecule has 1 aliphatic carbocycles. The standard InChI is InChI=1S/C14H28N2/c1-3-12-6-5-7-14(12)15-13-8-10-16(4-2)11-9-13/h12-15H,3-11H2,1-2H3. The lowest BCUT2D eigenvalue weighted by Gasteiger charge is -2.34. The predicted molar refractivity (Wildman–Crippen MR) is 69.7 cm³/mol. The van der Waals surface area contributed by atoms with Gasteiger partial charge in [0.05, 0.1) is 0 Å². The minimum Gasteiger partial charge on any atom is -0.311 e. The summed E-state index contributed by atoms with van der Waals surface area (Å²) in [5.74, 6) is 0.962. The van der Waals surface area contributed by atoms with Gasteiger partial charge in [0, 0.05) is 12.1 Å². The molecule has 0 spiro atoms. The third kappa shape index (κ3) is 2.98. The Morgan fingerprint density at radius 1 is 1.06 bits per heavy atom. The maximum absolute atomic E-state index is 3.94. The topological polar surface area (TPSA) is 15.3 Å². The molecule has 0 aromatic heterocycles. The van der Waals surface area contributed by atoms with Gasteiger partial charge in [0.2, 0.25) is 0 Å². The summed E-state index contributed by atoms with van der Waals surface area (Å²) in [5, 5.41) is 3.94. The van der Waals surface area contributed by atoms with Gasteiger partial charge in [-0.25, -0.2) is 0 Å². The lowest BCUT2D eigenvalue weighted by atomic mass is 9.97. The average Bonchev–Trinajstić information content (AvgIpc) is 2.77. The van der Waals surface area contributed by atoms with Crippen LogP contribution in [0, 0.1) is 5.92 Å². The number of likely N-dealkylation sites (tertiary alicyclic amines) is 1. The third-order valence-corrected chi connectivity index (χ3v) is 4.67. The smallest absolute Gasteiger partial charge is 0.00978 e. The van der Waals surface area contributed by atoms with Crippen LogP contribution in [0.15, 0.2) is 0 Å². The fourth-order valence-electron chi connectivity index (χ4n) is 3.46. The van der Waals surface area contributed by atoms with Crippen LogP contribution in [0.5, 0.6) is 0 Å². The van der Waals surface area contributed by atoms with Crippen molar-refractivity contribution in [1.82, 2.24) is 10.2 Å². The number of hydrogen-bond donors (Lipinski definition) is 1. The van der Waals surface area contributed by atoms with Crippen molar-refractivity contribution in [2.24, 2.45) is 5.92 Å². The average molecular weight is 224 g/mol. The zero-order valence-electron chi connectivity index (χ0n) is 11.0. The zero-order valence-corrected chi connectivity index (χ0v) is 11.0. The molecule has 2 atom stereocenters. The molecular formula is C14H28N2. The molecule has 2 fully saturated rings. The van der Waals surface area contributed by atoms with E-state index in [1.165, 1.54) is 58.2 Å². The van der Waals surface area contributed by atoms with E-state index in [9.17, 15) is 0 Å². The summed E-state index contributed by atoms with van der Waals surface area (Å²) < 4.78 is 0. The second-order valence-corrected chi connectivity index (χ2v) is 5.58. The van der Waals surface area contributed by atoms with E-state index in [1.807, 2.05) is 0 Å². The van der Waals surface area contributed by atoms with Crippen LogP contribution < -0.4 is 5.32 Å². The molecule has 0 aromatic carbocycles. The summed E-state index contributed by atoms with van der Waals surface area (Å²) >= 11 is 0. The van der Waals surface area contributed by atoms with Gasteiger partial charge < -0.3 is 10.2 Å². The molecule has 2 unspecified atom stereocenters. The molecule has 0 bridgehead atoms. The van der Waals surface area contributed by atoms with Crippen LogP contribution in [-0.4, -0.2) is 36.6 Å². The summed E-state index contributed by atoms with van der Waals surface area (Å²) in [4.78, 5) is 2.57. The first kappa shape index (κ1) is 12.4. The van der Waals surface area contributed by atoms with E-state index in [1.54, 1.807) is 0 Å². The minimum atomic E-state index is 0.806. The fraction of sp³-hybridized carbons (Fsp3) is 1.00. The second-order valence-electron chi connectivity index (χ2n) is 5.58. The van der Waals surface area contributed by atoms with Gasteiger partial charge in [-0.1, -0.05) is 26.7 Å². The summed E-state index contributed by atoms with van der Waals surface area (Å²) in [6.07, 6.45) is 8.42. The predicted octanol–water partition coefficient (Wildman–Crippen LogP) is 2.64. The largest absolute Gasteiger partial charge is 0.311 e. The van der Waals surface area contributed by atoms with Crippen LogP contribution in [0.25, 0.3) is 0 Å². The molecule has 1 N–H and O–H groups in total. The highest BCUT2D eigenvalue weighted by Gasteiger charge is 2.28. The highest BCUT2D eigenvalue weighted by molar-refractivity contribution is 4.87. The van der Waals surface area contributed by atoms with Crippen molar-refractivity contribution in [1.29, 1.82) is 0 Å². The van der Waals surface area contributed by atoms with Crippen molar-refractivity contribution in [3.63, 3.8) is 0 Å². The Balaban J connectivity index is 1.73. The van der Waals surface area contributed by atoms with E-state index in [-0.39, 0.29) is 0 Å². The van der Waals surface area contributed by atoms with Crippen LogP contribution in [-0.2, 0) is 0 Å². The second kappa shape index (κ2) is 6.02. The van der Waals surface area contributed by atoms with Crippen LogP contribution in [0.1, 0.15) is 52.4 Å². The minimum absolute atomic E-state index is 0.806. The summed E-state index contributed by atoms with van der Waals surface area (Å²) in [7, 11) is 0. The Morgan fingerprint density at radius 3 is 2.44 bits per heavy atom. The van der Waals surface area contributed by atoms with Crippen LogP contribution in [0.2, 0.25) is 0 Å². The molecule has 0 radical (unpaired) electrons. The Labute approximate surface area is 101 Å². The monoisotopic (exact) mass is 224 g/mol. The van der Waals surface area contributed by atoms with Gasteiger partial charge >= 0.3 is 0 Å². The molecule has 94 valence electrons. The Hall–Kier alpha value is -0.0800. The van der Waals surface area contributed by atoms with Crippen LogP contribution in [0.3, 0.4) is 0 Å². The molecule has 2 aliphatic rings. The van der Waals surface area contributed by atoms with E-state index in [0.29, 0.717) is 0 Å². The van der Waals surface area contributed by atoms with Gasteiger partial charge in [-0.15, -0.1) is 0 Å². The summed E-state index contributed by atoms with van der Waals surface area (Å²) in [6.45, 7) is 8.46. The molecule has 1 aliphatic heterocycles. The lowest BCUT2D eigenvalue weighted by molar-refractivity contribution is 0.191. The molecule has 1 saturated heterocycles. The summed E-state index contributed by atoms with van der Waals surface area (Å²) in [5.41, 5.74) is 0. The molecule has 16 heavy (non-hydrogen) atoms. The van der Waals surface area contributed by atoms with E-state index in [2.05, 4.69) is 24.1 Å². The number of hydrogen-bond acceptors (Lipinski definition) is 2. The van der Waals surface area contributed by atoms with Gasteiger partial charge in [-0.2, -0.15) is 0 Å². The molecular weight excluding hydrogens is 196 g/mol. The maximum Gasteiger partial charge on any atom is 0.00978 e. The molecule has 0 aromatic rings. The van der Waals surface area contributed by atoms with Crippen LogP contribution >= 0.6 is 0 Å². The molecule has 1 heterocycles. The number of rotatable bonds is 4. The molecule has 1 saturated carbocycles. The van der Waals surface area contributed by atoms with Crippen molar-refractivity contribution in [2.45, 2.75) is 64.5 Å².